The Morgan fingerprint density at radius 2 is 1.74 bits per heavy atom. The van der Waals surface area contributed by atoms with Crippen LogP contribution < -0.4 is 5.32 Å². The van der Waals surface area contributed by atoms with E-state index in [2.05, 4.69) is 101 Å². The third-order valence-corrected chi connectivity index (χ3v) is 16.3. The zero-order valence-electron chi connectivity index (χ0n) is 32.2. The smallest absolute Gasteiger partial charge is 0.312 e. The van der Waals surface area contributed by atoms with Crippen molar-refractivity contribution in [2.24, 2.45) is 56.7 Å². The van der Waals surface area contributed by atoms with Crippen molar-refractivity contribution in [2.45, 2.75) is 139 Å². The lowest BCUT2D eigenvalue weighted by molar-refractivity contribution is -0.207. The fourth-order valence-corrected chi connectivity index (χ4v) is 12.8. The van der Waals surface area contributed by atoms with Crippen molar-refractivity contribution in [3.63, 3.8) is 0 Å². The number of aliphatic hydroxyl groups is 1. The molecule has 0 bridgehead atoms. The minimum Gasteiger partial charge on any atom is -0.465 e. The topological polar surface area (TPSA) is 89.3 Å². The summed E-state index contributed by atoms with van der Waals surface area (Å²) in [5.41, 5.74) is 4.79. The van der Waals surface area contributed by atoms with E-state index >= 15 is 0 Å². The normalized spacial score (nSPS) is 40.4. The molecule has 4 fully saturated rings. The van der Waals surface area contributed by atoms with Crippen molar-refractivity contribution in [2.75, 3.05) is 11.9 Å². The maximum Gasteiger partial charge on any atom is 0.312 e. The molecule has 0 aliphatic heterocycles. The molecule has 4 saturated carbocycles. The molecule has 1 aromatic carbocycles. The summed E-state index contributed by atoms with van der Waals surface area (Å²) in [6, 6.07) is 8.35. The van der Waals surface area contributed by atoms with Gasteiger partial charge in [0.2, 0.25) is 0 Å². The molecular weight excluding hydrogens is 620 g/mol. The number of aromatic nitrogens is 3. The van der Waals surface area contributed by atoms with Crippen molar-refractivity contribution in [3.05, 3.63) is 53.4 Å². The highest BCUT2D eigenvalue weighted by atomic mass is 16.5. The Kier molecular flexibility index (Phi) is 9.13. The highest BCUT2D eigenvalue weighted by Gasteiger charge is 2.69. The number of nitrogens with zero attached hydrogens (tertiary/aromatic N) is 3. The SMILES string of the molecule is Cc1ccc(NCc2cn(CCCOC(=O)[C@]34CC[C@@H](C)[C@H](C)[C@H]3C3=CC[C@@H]5[C@@]6(C)CC[C@H](O)C(C)(C)C6CC[C@@]5(C)[C@]3(C)CC4)nn2)cc1. The van der Waals surface area contributed by atoms with E-state index in [9.17, 15) is 9.90 Å². The molecule has 274 valence electrons. The first kappa shape index (κ1) is 35.7. The summed E-state index contributed by atoms with van der Waals surface area (Å²) < 4.78 is 8.14. The van der Waals surface area contributed by atoms with Crippen molar-refractivity contribution in [1.29, 1.82) is 0 Å². The summed E-state index contributed by atoms with van der Waals surface area (Å²) in [6.45, 7) is 21.1. The summed E-state index contributed by atoms with van der Waals surface area (Å²) in [7, 11) is 0. The Morgan fingerprint density at radius 3 is 2.50 bits per heavy atom. The Bertz CT molecular complexity index is 1600. The number of allylic oxidation sites excluding steroid dienone is 2. The van der Waals surface area contributed by atoms with Gasteiger partial charge in [0.15, 0.2) is 0 Å². The average molecular weight is 685 g/mol. The summed E-state index contributed by atoms with van der Waals surface area (Å²) in [5.74, 6) is 2.45. The molecule has 1 aromatic heterocycles. The largest absolute Gasteiger partial charge is 0.465 e. The van der Waals surface area contributed by atoms with Gasteiger partial charge in [-0.1, -0.05) is 83.0 Å². The van der Waals surface area contributed by atoms with Crippen molar-refractivity contribution in [1.82, 2.24) is 15.0 Å². The lowest BCUT2D eigenvalue weighted by Gasteiger charge is -2.71. The second-order valence-electron chi connectivity index (χ2n) is 18.9. The number of ether oxygens (including phenoxy) is 1. The van der Waals surface area contributed by atoms with E-state index in [1.165, 1.54) is 18.4 Å². The molecule has 5 aliphatic carbocycles. The van der Waals surface area contributed by atoms with Gasteiger partial charge in [0.05, 0.1) is 30.9 Å². The number of hydrogen-bond donors (Lipinski definition) is 2. The van der Waals surface area contributed by atoms with Crippen LogP contribution >= 0.6 is 0 Å². The Labute approximate surface area is 301 Å². The maximum atomic E-state index is 14.4. The quantitative estimate of drug-likeness (QED) is 0.164. The van der Waals surface area contributed by atoms with Crippen LogP contribution in [-0.2, 0) is 22.6 Å². The van der Waals surface area contributed by atoms with E-state index in [-0.39, 0.29) is 39.7 Å². The molecule has 7 nitrogen and oxygen atoms in total. The highest BCUT2D eigenvalue weighted by Crippen LogP contribution is 2.75. The number of fused-ring (bicyclic) bond motifs is 7. The van der Waals surface area contributed by atoms with Crippen molar-refractivity contribution < 1.29 is 14.6 Å². The predicted molar refractivity (Wildman–Crippen MR) is 199 cm³/mol. The van der Waals surface area contributed by atoms with Crippen LogP contribution in [0.5, 0.6) is 0 Å². The van der Waals surface area contributed by atoms with Crippen LogP contribution in [0.2, 0.25) is 0 Å². The monoisotopic (exact) mass is 684 g/mol. The van der Waals surface area contributed by atoms with Gasteiger partial charge in [-0.3, -0.25) is 9.48 Å². The van der Waals surface area contributed by atoms with E-state index in [1.54, 1.807) is 5.57 Å². The Balaban J connectivity index is 1.05. The molecule has 2 N–H and O–H groups in total. The lowest BCUT2D eigenvalue weighted by atomic mass is 9.33. The third-order valence-electron chi connectivity index (χ3n) is 16.3. The number of carbonyl (C=O) groups excluding carboxylic acids is 1. The number of anilines is 1. The van der Waals surface area contributed by atoms with Crippen LogP contribution in [0.3, 0.4) is 0 Å². The number of aryl methyl sites for hydroxylation is 2. The standard InChI is InChI=1S/C43H64N4O3/c1-28-10-12-31(13-11-28)44-26-32-27-47(46-45-32)24-9-25-50-38(49)43-21-16-29(2)30(3)37(43)33-14-15-35-40(6)19-18-36(48)39(4,5)34(40)17-20-42(35,8)41(33,7)22-23-43/h10-14,27,29-30,34-37,44,48H,9,15-26H2,1-8H3/t29-,30+,34?,35-,36+,37+,40+,41-,42-,43+/m1/s1. The molecule has 5 aliphatic rings. The Hall–Kier alpha value is -2.67. The summed E-state index contributed by atoms with van der Waals surface area (Å²) in [4.78, 5) is 14.4. The number of aliphatic hydroxyl groups excluding tert-OH is 1. The van der Waals surface area contributed by atoms with Gasteiger partial charge in [-0.2, -0.15) is 0 Å². The molecular formula is C43H64N4O3. The fraction of sp³-hybridized carbons (Fsp3) is 0.744. The number of nitrogens with one attached hydrogen (secondary N) is 1. The van der Waals surface area contributed by atoms with Gasteiger partial charge in [0.25, 0.3) is 0 Å². The number of hydrogen-bond acceptors (Lipinski definition) is 6. The fourth-order valence-electron chi connectivity index (χ4n) is 12.8. The maximum absolute atomic E-state index is 14.4. The van der Waals surface area contributed by atoms with E-state index in [0.29, 0.717) is 43.4 Å². The minimum atomic E-state index is -0.430. The molecule has 1 unspecified atom stereocenters. The molecule has 7 heteroatoms. The lowest BCUT2D eigenvalue weighted by Crippen LogP contribution is -2.65. The summed E-state index contributed by atoms with van der Waals surface area (Å²) in [6.07, 6.45) is 14.7. The number of benzene rings is 1. The van der Waals surface area contributed by atoms with Gasteiger partial charge in [-0.05, 0) is 128 Å². The van der Waals surface area contributed by atoms with Gasteiger partial charge >= 0.3 is 5.97 Å². The highest BCUT2D eigenvalue weighted by molar-refractivity contribution is 5.79. The molecule has 0 spiro atoms. The first-order valence-corrected chi connectivity index (χ1v) is 19.9. The second kappa shape index (κ2) is 12.8. The number of rotatable bonds is 8. The van der Waals surface area contributed by atoms with E-state index in [1.807, 2.05) is 10.9 Å². The average Bonchev–Trinajstić information content (AvgIpc) is 3.54. The van der Waals surface area contributed by atoms with Crippen LogP contribution in [-0.4, -0.2) is 38.8 Å². The minimum absolute atomic E-state index is 0.0386. The first-order chi connectivity index (χ1) is 23.7. The first-order valence-electron chi connectivity index (χ1n) is 19.9. The predicted octanol–water partition coefficient (Wildman–Crippen LogP) is 9.15. The zero-order valence-corrected chi connectivity index (χ0v) is 32.2. The van der Waals surface area contributed by atoms with Crippen LogP contribution in [0.15, 0.2) is 42.1 Å². The van der Waals surface area contributed by atoms with Gasteiger partial charge in [0, 0.05) is 18.7 Å². The summed E-state index contributed by atoms with van der Waals surface area (Å²) in [5, 5.41) is 23.2. The van der Waals surface area contributed by atoms with Gasteiger partial charge in [-0.15, -0.1) is 5.10 Å². The summed E-state index contributed by atoms with van der Waals surface area (Å²) >= 11 is 0. The van der Waals surface area contributed by atoms with Gasteiger partial charge < -0.3 is 15.2 Å². The van der Waals surface area contributed by atoms with Gasteiger partial charge in [-0.25, -0.2) is 0 Å². The van der Waals surface area contributed by atoms with Crippen LogP contribution in [0.4, 0.5) is 5.69 Å². The van der Waals surface area contributed by atoms with E-state index < -0.39 is 5.41 Å². The zero-order chi connectivity index (χ0) is 35.7. The van der Waals surface area contributed by atoms with E-state index in [4.69, 9.17) is 4.74 Å². The second-order valence-corrected chi connectivity index (χ2v) is 18.9. The molecule has 2 aromatic rings. The molecule has 0 radical (unpaired) electrons. The van der Waals surface area contributed by atoms with Crippen molar-refractivity contribution >= 4 is 11.7 Å². The van der Waals surface area contributed by atoms with Crippen molar-refractivity contribution in [3.8, 4) is 0 Å². The van der Waals surface area contributed by atoms with E-state index in [0.717, 1.165) is 62.7 Å². The van der Waals surface area contributed by atoms with Gasteiger partial charge in [0.1, 0.15) is 5.69 Å². The number of esters is 1. The van der Waals surface area contributed by atoms with Crippen LogP contribution in [0, 0.1) is 63.6 Å². The molecule has 1 heterocycles. The van der Waals surface area contributed by atoms with Crippen LogP contribution in [0.1, 0.15) is 124 Å². The Morgan fingerprint density at radius 1 is 0.980 bits per heavy atom. The molecule has 50 heavy (non-hydrogen) atoms. The third kappa shape index (κ3) is 5.49. The number of carbonyl (C=O) groups is 1. The van der Waals surface area contributed by atoms with Crippen LogP contribution in [0.25, 0.3) is 0 Å². The molecule has 7 rings (SSSR count). The molecule has 0 saturated heterocycles. The molecule has 10 atom stereocenters. The molecule has 0 amide bonds.